The maximum atomic E-state index is 14.7. The van der Waals surface area contributed by atoms with Crippen molar-refractivity contribution in [1.29, 1.82) is 0 Å². The standard InChI is InChI=1S/C36H43FO7/c1-4-6-8-10-12-24-41-30-19-14-27(15-20-30)34(38)43-31-21-16-28(17-22-31)35(39)44-33-23-18-29(25-32(33)37)36(40)42-26(3)13-11-9-7-5-2/h14-23,25-26H,4-13,24H2,1-3H3. The fraction of sp³-hybridized carbons (Fsp3) is 0.417. The van der Waals surface area contributed by atoms with Crippen molar-refractivity contribution in [1.82, 2.24) is 0 Å². The predicted molar refractivity (Wildman–Crippen MR) is 167 cm³/mol. The highest BCUT2D eigenvalue weighted by Gasteiger charge is 2.18. The summed E-state index contributed by atoms with van der Waals surface area (Å²) in [6, 6.07) is 16.0. The Labute approximate surface area is 259 Å². The monoisotopic (exact) mass is 606 g/mol. The summed E-state index contributed by atoms with van der Waals surface area (Å²) in [4.78, 5) is 37.6. The molecule has 0 heterocycles. The molecule has 0 spiro atoms. The van der Waals surface area contributed by atoms with Gasteiger partial charge in [0.05, 0.1) is 29.4 Å². The second-order valence-corrected chi connectivity index (χ2v) is 10.8. The van der Waals surface area contributed by atoms with E-state index in [-0.39, 0.29) is 28.7 Å². The maximum Gasteiger partial charge on any atom is 0.343 e. The molecule has 7 nitrogen and oxygen atoms in total. The third-order valence-corrected chi connectivity index (χ3v) is 7.05. The summed E-state index contributed by atoms with van der Waals surface area (Å²) in [5, 5.41) is 0. The van der Waals surface area contributed by atoms with Crippen molar-refractivity contribution >= 4 is 17.9 Å². The molecule has 0 aliphatic carbocycles. The summed E-state index contributed by atoms with van der Waals surface area (Å²) in [6.45, 7) is 6.75. The Hall–Kier alpha value is -4.20. The van der Waals surface area contributed by atoms with Gasteiger partial charge in [-0.2, -0.15) is 0 Å². The molecule has 44 heavy (non-hydrogen) atoms. The molecule has 3 rings (SSSR count). The van der Waals surface area contributed by atoms with Gasteiger partial charge in [-0.15, -0.1) is 0 Å². The molecule has 0 amide bonds. The molecule has 0 N–H and O–H groups in total. The van der Waals surface area contributed by atoms with Crippen molar-refractivity contribution < 1.29 is 37.7 Å². The number of ether oxygens (including phenoxy) is 4. The van der Waals surface area contributed by atoms with Crippen LogP contribution in [0.25, 0.3) is 0 Å². The zero-order valence-corrected chi connectivity index (χ0v) is 25.9. The van der Waals surface area contributed by atoms with Crippen molar-refractivity contribution in [3.05, 3.63) is 89.2 Å². The summed E-state index contributed by atoms with van der Waals surface area (Å²) < 4.78 is 36.4. The average molecular weight is 607 g/mol. The summed E-state index contributed by atoms with van der Waals surface area (Å²) in [5.74, 6) is -2.26. The molecular weight excluding hydrogens is 563 g/mol. The van der Waals surface area contributed by atoms with Crippen molar-refractivity contribution in [2.45, 2.75) is 91.1 Å². The summed E-state index contributed by atoms with van der Waals surface area (Å²) in [7, 11) is 0. The van der Waals surface area contributed by atoms with E-state index in [1.807, 2.05) is 6.92 Å². The van der Waals surface area contributed by atoms with Crippen LogP contribution in [0.3, 0.4) is 0 Å². The molecule has 1 unspecified atom stereocenters. The molecule has 0 aliphatic heterocycles. The highest BCUT2D eigenvalue weighted by Crippen LogP contribution is 2.22. The number of carbonyl (C=O) groups excluding carboxylic acids is 3. The molecule has 0 radical (unpaired) electrons. The van der Waals surface area contributed by atoms with Gasteiger partial charge in [-0.1, -0.05) is 58.8 Å². The number of benzene rings is 3. The Morgan fingerprint density at radius 3 is 1.80 bits per heavy atom. The molecule has 0 saturated heterocycles. The lowest BCUT2D eigenvalue weighted by molar-refractivity contribution is 0.0318. The first-order valence-corrected chi connectivity index (χ1v) is 15.6. The summed E-state index contributed by atoms with van der Waals surface area (Å²) >= 11 is 0. The normalized spacial score (nSPS) is 11.5. The lowest BCUT2D eigenvalue weighted by Gasteiger charge is -2.13. The largest absolute Gasteiger partial charge is 0.494 e. The van der Waals surface area contributed by atoms with Gasteiger partial charge < -0.3 is 18.9 Å². The minimum Gasteiger partial charge on any atom is -0.494 e. The van der Waals surface area contributed by atoms with Gasteiger partial charge >= 0.3 is 17.9 Å². The Morgan fingerprint density at radius 1 is 0.636 bits per heavy atom. The molecule has 8 heteroatoms. The minimum atomic E-state index is -0.864. The SMILES string of the molecule is CCCCCCCOc1ccc(C(=O)Oc2ccc(C(=O)Oc3ccc(C(=O)OC(C)CCCCCC)cc3F)cc2)cc1. The Bertz CT molecular complexity index is 1340. The van der Waals surface area contributed by atoms with E-state index in [9.17, 15) is 18.8 Å². The lowest BCUT2D eigenvalue weighted by Crippen LogP contribution is -2.15. The van der Waals surface area contributed by atoms with Crippen LogP contribution in [0.1, 0.15) is 116 Å². The van der Waals surface area contributed by atoms with Crippen LogP contribution < -0.4 is 14.2 Å². The Morgan fingerprint density at radius 2 is 1.18 bits per heavy atom. The number of unbranched alkanes of at least 4 members (excludes halogenated alkanes) is 7. The van der Waals surface area contributed by atoms with Crippen LogP contribution in [0, 0.1) is 5.82 Å². The van der Waals surface area contributed by atoms with Crippen LogP contribution in [0.15, 0.2) is 66.7 Å². The summed E-state index contributed by atoms with van der Waals surface area (Å²) in [6.07, 6.45) is 10.5. The second kappa shape index (κ2) is 18.5. The van der Waals surface area contributed by atoms with Crippen molar-refractivity contribution in [2.24, 2.45) is 0 Å². The second-order valence-electron chi connectivity index (χ2n) is 10.8. The van der Waals surface area contributed by atoms with Crippen molar-refractivity contribution in [3.8, 4) is 17.2 Å². The van der Waals surface area contributed by atoms with Gasteiger partial charge in [0.25, 0.3) is 0 Å². The van der Waals surface area contributed by atoms with Crippen LogP contribution in [0.5, 0.6) is 17.2 Å². The first-order valence-electron chi connectivity index (χ1n) is 15.6. The number of esters is 3. The smallest absolute Gasteiger partial charge is 0.343 e. The lowest BCUT2D eigenvalue weighted by atomic mass is 10.1. The fourth-order valence-corrected chi connectivity index (χ4v) is 4.45. The van der Waals surface area contributed by atoms with E-state index < -0.39 is 23.7 Å². The highest BCUT2D eigenvalue weighted by atomic mass is 19.1. The number of hydrogen-bond acceptors (Lipinski definition) is 7. The topological polar surface area (TPSA) is 88.1 Å². The highest BCUT2D eigenvalue weighted by molar-refractivity contribution is 5.93. The minimum absolute atomic E-state index is 0.0360. The number of rotatable bonds is 18. The van der Waals surface area contributed by atoms with E-state index in [1.54, 1.807) is 24.3 Å². The van der Waals surface area contributed by atoms with E-state index in [2.05, 4.69) is 13.8 Å². The molecule has 0 bridgehead atoms. The van der Waals surface area contributed by atoms with Gasteiger partial charge in [0, 0.05) is 0 Å². The van der Waals surface area contributed by atoms with Gasteiger partial charge in [0.15, 0.2) is 11.6 Å². The van der Waals surface area contributed by atoms with Crippen LogP contribution in [0.2, 0.25) is 0 Å². The fourth-order valence-electron chi connectivity index (χ4n) is 4.45. The molecule has 3 aromatic rings. The number of halogens is 1. The van der Waals surface area contributed by atoms with Crippen LogP contribution >= 0.6 is 0 Å². The van der Waals surface area contributed by atoms with E-state index >= 15 is 0 Å². The number of hydrogen-bond donors (Lipinski definition) is 0. The van der Waals surface area contributed by atoms with Gasteiger partial charge in [-0.3, -0.25) is 0 Å². The molecule has 0 saturated carbocycles. The first-order chi connectivity index (χ1) is 21.3. The van der Waals surface area contributed by atoms with Gasteiger partial charge in [0.2, 0.25) is 0 Å². The van der Waals surface area contributed by atoms with Gasteiger partial charge in [-0.25, -0.2) is 18.8 Å². The van der Waals surface area contributed by atoms with E-state index in [4.69, 9.17) is 18.9 Å². The van der Waals surface area contributed by atoms with Gasteiger partial charge in [0.1, 0.15) is 11.5 Å². The molecule has 3 aromatic carbocycles. The van der Waals surface area contributed by atoms with Crippen molar-refractivity contribution in [2.75, 3.05) is 6.61 Å². The Balaban J connectivity index is 1.47. The zero-order valence-electron chi connectivity index (χ0n) is 25.9. The molecule has 1 atom stereocenters. The van der Waals surface area contributed by atoms with E-state index in [0.29, 0.717) is 17.9 Å². The van der Waals surface area contributed by atoms with Crippen molar-refractivity contribution in [3.63, 3.8) is 0 Å². The van der Waals surface area contributed by atoms with Gasteiger partial charge in [-0.05, 0) is 92.9 Å². The van der Waals surface area contributed by atoms with E-state index in [1.165, 1.54) is 55.7 Å². The molecule has 0 aromatic heterocycles. The molecule has 0 aliphatic rings. The quantitative estimate of drug-likeness (QED) is 0.0810. The van der Waals surface area contributed by atoms with Crippen LogP contribution in [0.4, 0.5) is 4.39 Å². The third-order valence-electron chi connectivity index (χ3n) is 7.05. The first kappa shape index (κ1) is 34.3. The maximum absolute atomic E-state index is 14.7. The average Bonchev–Trinajstić information content (AvgIpc) is 3.02. The molecular formula is C36H43FO7. The predicted octanol–water partition coefficient (Wildman–Crippen LogP) is 9.13. The summed E-state index contributed by atoms with van der Waals surface area (Å²) in [5.41, 5.74) is 0.516. The van der Waals surface area contributed by atoms with E-state index in [0.717, 1.165) is 51.0 Å². The molecule has 0 fully saturated rings. The number of carbonyl (C=O) groups is 3. The third kappa shape index (κ3) is 11.5. The van der Waals surface area contributed by atoms with Crippen LogP contribution in [-0.4, -0.2) is 30.6 Å². The Kier molecular flexibility index (Phi) is 14.4. The zero-order chi connectivity index (χ0) is 31.7. The van der Waals surface area contributed by atoms with Crippen LogP contribution in [-0.2, 0) is 4.74 Å². The molecule has 236 valence electrons.